The summed E-state index contributed by atoms with van der Waals surface area (Å²) < 4.78 is 22.1. The molecule has 4 atom stereocenters. The first kappa shape index (κ1) is 28.0. The molecule has 1 aliphatic carbocycles. The summed E-state index contributed by atoms with van der Waals surface area (Å²) in [7, 11) is 2.86. The van der Waals surface area contributed by atoms with Gasteiger partial charge in [-0.2, -0.15) is 0 Å². The molecule has 0 spiro atoms. The summed E-state index contributed by atoms with van der Waals surface area (Å²) in [5.74, 6) is -0.896. The Morgan fingerprint density at radius 3 is 2.68 bits per heavy atom. The number of aliphatic hydroxyl groups excluding tert-OH is 2. The second-order valence-electron chi connectivity index (χ2n) is 9.38. The van der Waals surface area contributed by atoms with E-state index in [-0.39, 0.29) is 37.8 Å². The number of fused-ring (bicyclic) bond motifs is 3. The third kappa shape index (κ3) is 5.69. The van der Waals surface area contributed by atoms with Crippen molar-refractivity contribution in [2.24, 2.45) is 0 Å². The molecule has 12 heteroatoms. The quantitative estimate of drug-likeness (QED) is 0.301. The van der Waals surface area contributed by atoms with Gasteiger partial charge >= 0.3 is 0 Å². The molecular weight excluding hydrogens is 498 g/mol. The van der Waals surface area contributed by atoms with Crippen LogP contribution in [0.3, 0.4) is 0 Å². The van der Waals surface area contributed by atoms with Gasteiger partial charge in [0.15, 0.2) is 11.5 Å². The van der Waals surface area contributed by atoms with Crippen LogP contribution in [-0.4, -0.2) is 130 Å². The fourth-order valence-electron chi connectivity index (χ4n) is 5.28. The highest BCUT2D eigenvalue weighted by Crippen LogP contribution is 2.51. The summed E-state index contributed by atoms with van der Waals surface area (Å²) in [4.78, 5) is 41.8. The maximum Gasteiger partial charge on any atom is 0.249 e. The maximum absolute atomic E-state index is 13.3. The summed E-state index contributed by atoms with van der Waals surface area (Å²) in [5, 5.41) is 23.5. The lowest BCUT2D eigenvalue weighted by Gasteiger charge is -2.41. The van der Waals surface area contributed by atoms with Crippen LogP contribution in [0.5, 0.6) is 11.5 Å². The van der Waals surface area contributed by atoms with Gasteiger partial charge in [-0.15, -0.1) is 0 Å². The number of methoxy groups -OCH3 is 2. The van der Waals surface area contributed by atoms with Gasteiger partial charge in [0.1, 0.15) is 25.1 Å². The Morgan fingerprint density at radius 2 is 2.03 bits per heavy atom. The molecule has 4 unspecified atom stereocenters. The number of nitrogens with one attached hydrogen (secondary N) is 1. The first-order chi connectivity index (χ1) is 18.4. The molecule has 208 valence electrons. The van der Waals surface area contributed by atoms with Crippen molar-refractivity contribution in [1.82, 2.24) is 15.1 Å². The molecule has 2 heterocycles. The summed E-state index contributed by atoms with van der Waals surface area (Å²) >= 11 is 0. The number of nitrogens with zero attached hydrogens (tertiary/aromatic N) is 2. The second-order valence-corrected chi connectivity index (χ2v) is 9.38. The van der Waals surface area contributed by atoms with Crippen molar-refractivity contribution >= 4 is 18.1 Å². The highest BCUT2D eigenvalue weighted by atomic mass is 16.5. The lowest BCUT2D eigenvalue weighted by Crippen LogP contribution is -2.57. The lowest BCUT2D eigenvalue weighted by molar-refractivity contribution is -0.141. The summed E-state index contributed by atoms with van der Waals surface area (Å²) in [5.41, 5.74) is 1.13. The molecule has 2 amide bonds. The average molecular weight is 534 g/mol. The molecule has 4 rings (SSSR count). The molecular formula is C26H35N3O9. The fourth-order valence-corrected chi connectivity index (χ4v) is 5.28. The number of hydrogen-bond donors (Lipinski definition) is 3. The van der Waals surface area contributed by atoms with Crippen molar-refractivity contribution in [3.8, 4) is 11.5 Å². The van der Waals surface area contributed by atoms with Crippen LogP contribution in [0.15, 0.2) is 23.8 Å². The molecule has 0 bridgehead atoms. The molecule has 3 N–H and O–H groups in total. The van der Waals surface area contributed by atoms with E-state index in [0.717, 1.165) is 13.1 Å². The van der Waals surface area contributed by atoms with Gasteiger partial charge in [0.2, 0.25) is 11.8 Å². The monoisotopic (exact) mass is 533 g/mol. The standard InChI is InChI=1S/C26H35N3O9/c1-35-15-21(32)29(5-4-28-6-9-37-10-7-28)19-13-18(26(34)27-3-8-30)22-17-11-16(14-31)12-20(36-2)24(17)38-25(22)23(19)33/h11-14,19,22-23,25,30,33H,3-10,15H2,1-2H3,(H,27,34). The molecule has 0 aromatic heterocycles. The minimum absolute atomic E-state index is 0.0234. The number of carbonyl (C=O) groups is 3. The predicted molar refractivity (Wildman–Crippen MR) is 134 cm³/mol. The average Bonchev–Trinajstić information content (AvgIpc) is 3.33. The van der Waals surface area contributed by atoms with E-state index in [2.05, 4.69) is 10.2 Å². The molecule has 1 fully saturated rings. The Morgan fingerprint density at radius 1 is 1.26 bits per heavy atom. The number of hydrogen-bond acceptors (Lipinski definition) is 10. The third-order valence-electron chi connectivity index (χ3n) is 7.12. The van der Waals surface area contributed by atoms with Crippen molar-refractivity contribution in [3.05, 3.63) is 34.9 Å². The molecule has 0 saturated carbocycles. The number of amides is 2. The van der Waals surface area contributed by atoms with E-state index >= 15 is 0 Å². The number of aliphatic hydroxyl groups is 2. The number of morpholine rings is 1. The van der Waals surface area contributed by atoms with E-state index in [1.165, 1.54) is 25.2 Å². The van der Waals surface area contributed by atoms with Gasteiger partial charge in [-0.1, -0.05) is 0 Å². The molecule has 1 saturated heterocycles. The zero-order chi connectivity index (χ0) is 27.2. The molecule has 2 aliphatic heterocycles. The molecule has 12 nitrogen and oxygen atoms in total. The number of ether oxygens (including phenoxy) is 4. The van der Waals surface area contributed by atoms with Crippen LogP contribution in [-0.2, 0) is 19.1 Å². The summed E-state index contributed by atoms with van der Waals surface area (Å²) in [6.45, 7) is 3.07. The Kier molecular flexibility index (Phi) is 9.34. The van der Waals surface area contributed by atoms with Crippen molar-refractivity contribution in [2.45, 2.75) is 24.2 Å². The zero-order valence-electron chi connectivity index (χ0n) is 21.6. The maximum atomic E-state index is 13.3. The van der Waals surface area contributed by atoms with Crippen molar-refractivity contribution in [1.29, 1.82) is 0 Å². The minimum Gasteiger partial charge on any atom is -0.493 e. The molecule has 3 aliphatic rings. The highest BCUT2D eigenvalue weighted by molar-refractivity contribution is 5.96. The van der Waals surface area contributed by atoms with E-state index in [1.807, 2.05) is 0 Å². The largest absolute Gasteiger partial charge is 0.493 e. The Labute approximate surface area is 221 Å². The van der Waals surface area contributed by atoms with Crippen LogP contribution in [0.25, 0.3) is 0 Å². The van der Waals surface area contributed by atoms with Crippen LogP contribution < -0.4 is 14.8 Å². The van der Waals surface area contributed by atoms with Gasteiger partial charge in [0, 0.05) is 56.5 Å². The normalized spacial score (nSPS) is 24.5. The molecule has 1 aromatic rings. The topological polar surface area (TPSA) is 147 Å². The first-order valence-electron chi connectivity index (χ1n) is 12.6. The highest BCUT2D eigenvalue weighted by Gasteiger charge is 2.51. The smallest absolute Gasteiger partial charge is 0.249 e. The number of benzene rings is 1. The fraction of sp³-hybridized carbons (Fsp3) is 0.577. The Hall–Kier alpha value is -3.03. The zero-order valence-corrected chi connectivity index (χ0v) is 21.6. The molecule has 0 radical (unpaired) electrons. The van der Waals surface area contributed by atoms with Gasteiger partial charge < -0.3 is 39.4 Å². The summed E-state index contributed by atoms with van der Waals surface area (Å²) in [6, 6.07) is 2.25. The van der Waals surface area contributed by atoms with Crippen molar-refractivity contribution in [3.63, 3.8) is 0 Å². The SMILES string of the molecule is COCC(=O)N(CCN1CCOCC1)C1C=C(C(=O)NCCO)C2c3cc(C=O)cc(OC)c3OC2C1O. The van der Waals surface area contributed by atoms with E-state index in [4.69, 9.17) is 18.9 Å². The van der Waals surface area contributed by atoms with E-state index in [9.17, 15) is 24.6 Å². The van der Waals surface area contributed by atoms with E-state index in [0.29, 0.717) is 48.7 Å². The van der Waals surface area contributed by atoms with Gasteiger partial charge in [-0.3, -0.25) is 19.3 Å². The van der Waals surface area contributed by atoms with Gasteiger partial charge in [0.25, 0.3) is 0 Å². The van der Waals surface area contributed by atoms with Crippen molar-refractivity contribution in [2.75, 3.05) is 73.4 Å². The molecule has 1 aromatic carbocycles. The van der Waals surface area contributed by atoms with Crippen LogP contribution in [0.2, 0.25) is 0 Å². The number of rotatable bonds is 11. The Balaban J connectivity index is 1.73. The van der Waals surface area contributed by atoms with E-state index in [1.54, 1.807) is 12.1 Å². The van der Waals surface area contributed by atoms with Crippen LogP contribution >= 0.6 is 0 Å². The second kappa shape index (κ2) is 12.7. The number of aldehydes is 1. The van der Waals surface area contributed by atoms with Crippen LogP contribution in [0, 0.1) is 0 Å². The predicted octanol–water partition coefficient (Wildman–Crippen LogP) is -1.06. The third-order valence-corrected chi connectivity index (χ3v) is 7.12. The lowest BCUT2D eigenvalue weighted by atomic mass is 9.77. The van der Waals surface area contributed by atoms with Gasteiger partial charge in [-0.25, -0.2) is 0 Å². The summed E-state index contributed by atoms with van der Waals surface area (Å²) in [6.07, 6.45) is 0.136. The van der Waals surface area contributed by atoms with Gasteiger partial charge in [-0.05, 0) is 18.2 Å². The van der Waals surface area contributed by atoms with E-state index < -0.39 is 30.1 Å². The van der Waals surface area contributed by atoms with Gasteiger partial charge in [0.05, 0.1) is 38.9 Å². The van der Waals surface area contributed by atoms with Crippen LogP contribution in [0.4, 0.5) is 0 Å². The van der Waals surface area contributed by atoms with Crippen molar-refractivity contribution < 1.29 is 43.5 Å². The number of carbonyl (C=O) groups excluding carboxylic acids is 3. The minimum atomic E-state index is -1.20. The first-order valence-corrected chi connectivity index (χ1v) is 12.6. The van der Waals surface area contributed by atoms with Crippen LogP contribution in [0.1, 0.15) is 21.8 Å². The Bertz CT molecular complexity index is 1060. The molecule has 38 heavy (non-hydrogen) atoms.